The molecule has 0 aliphatic carbocycles. The molecule has 0 radical (unpaired) electrons. The Morgan fingerprint density at radius 1 is 1.43 bits per heavy atom. The van der Waals surface area contributed by atoms with Gasteiger partial charge in [-0.25, -0.2) is 0 Å². The summed E-state index contributed by atoms with van der Waals surface area (Å²) in [7, 11) is 3.57. The fraction of sp³-hybridized carbons (Fsp3) is 0.467. The van der Waals surface area contributed by atoms with Crippen molar-refractivity contribution >= 4 is 11.8 Å². The van der Waals surface area contributed by atoms with Crippen molar-refractivity contribution in [2.75, 3.05) is 7.05 Å². The molecule has 3 heterocycles. The quantitative estimate of drug-likeness (QED) is 0.904. The maximum atomic E-state index is 12.4. The molecule has 2 aromatic rings. The molecule has 2 atom stereocenters. The summed E-state index contributed by atoms with van der Waals surface area (Å²) in [5.41, 5.74) is 1.12. The van der Waals surface area contributed by atoms with Crippen LogP contribution < -0.4 is 5.32 Å². The summed E-state index contributed by atoms with van der Waals surface area (Å²) in [5, 5.41) is 10.9. The second kappa shape index (κ2) is 5.86. The molecule has 0 unspecified atom stereocenters. The molecule has 1 aliphatic heterocycles. The lowest BCUT2D eigenvalue weighted by atomic mass is 9.93. The molecule has 2 amide bonds. The molecule has 0 saturated carbocycles. The third kappa shape index (κ3) is 2.84. The Bertz CT molecular complexity index is 735. The van der Waals surface area contributed by atoms with Crippen LogP contribution in [0.1, 0.15) is 40.8 Å². The fourth-order valence-electron chi connectivity index (χ4n) is 2.98. The lowest BCUT2D eigenvalue weighted by Crippen LogP contribution is -2.51. The molecule has 1 N–H and O–H groups in total. The van der Waals surface area contributed by atoms with Gasteiger partial charge in [-0.05, 0) is 19.4 Å². The largest absolute Gasteiger partial charge is 0.361 e. The summed E-state index contributed by atoms with van der Waals surface area (Å²) < 4.78 is 6.66. The fourth-order valence-corrected chi connectivity index (χ4v) is 2.98. The molecule has 2 aromatic heterocycles. The van der Waals surface area contributed by atoms with Crippen LogP contribution in [0.25, 0.3) is 0 Å². The third-order valence-electron chi connectivity index (χ3n) is 4.20. The first kappa shape index (κ1) is 15.3. The van der Waals surface area contributed by atoms with Crippen molar-refractivity contribution in [3.63, 3.8) is 0 Å². The first-order valence-corrected chi connectivity index (χ1v) is 7.45. The zero-order valence-electron chi connectivity index (χ0n) is 13.3. The molecular formula is C15H19N5O3. The third-order valence-corrected chi connectivity index (χ3v) is 4.20. The van der Waals surface area contributed by atoms with Gasteiger partial charge in [0.2, 0.25) is 5.91 Å². The minimum absolute atomic E-state index is 0.0546. The lowest BCUT2D eigenvalue weighted by molar-refractivity contribution is -0.136. The topological polar surface area (TPSA) is 93.3 Å². The summed E-state index contributed by atoms with van der Waals surface area (Å²) in [4.78, 5) is 26.1. The highest BCUT2D eigenvalue weighted by atomic mass is 16.5. The molecule has 1 aliphatic rings. The van der Waals surface area contributed by atoms with E-state index in [0.29, 0.717) is 18.6 Å². The highest BCUT2D eigenvalue weighted by Gasteiger charge is 2.37. The number of aromatic nitrogens is 3. The van der Waals surface area contributed by atoms with Gasteiger partial charge in [-0.15, -0.1) is 0 Å². The average molecular weight is 317 g/mol. The number of nitrogens with one attached hydrogen (secondary N) is 1. The lowest BCUT2D eigenvalue weighted by Gasteiger charge is -2.39. The van der Waals surface area contributed by atoms with Crippen molar-refractivity contribution in [1.82, 2.24) is 25.2 Å². The predicted octanol–water partition coefficient (Wildman–Crippen LogP) is 0.808. The highest BCUT2D eigenvalue weighted by molar-refractivity contribution is 5.92. The molecular weight excluding hydrogens is 298 g/mol. The predicted molar refractivity (Wildman–Crippen MR) is 80.4 cm³/mol. The average Bonchev–Trinajstić information content (AvgIpc) is 3.12. The van der Waals surface area contributed by atoms with Crippen LogP contribution in [0.5, 0.6) is 0 Å². The van der Waals surface area contributed by atoms with E-state index in [4.69, 9.17) is 4.52 Å². The summed E-state index contributed by atoms with van der Waals surface area (Å²) in [6.07, 6.45) is 2.65. The van der Waals surface area contributed by atoms with Crippen LogP contribution in [-0.4, -0.2) is 44.7 Å². The van der Waals surface area contributed by atoms with E-state index >= 15 is 0 Å². The van der Waals surface area contributed by atoms with Gasteiger partial charge >= 0.3 is 0 Å². The molecule has 23 heavy (non-hydrogen) atoms. The Hall–Kier alpha value is -2.64. The standard InChI is InChI=1S/C15H19N5O3/c1-9-8-11(18-23-9)15(22)17-10-4-5-13(21)19(2)14(10)12-6-7-16-20(12)3/h6-8,10,14H,4-5H2,1-3H3,(H,17,22)/t10-,14-/m1/s1. The Kier molecular flexibility index (Phi) is 3.89. The molecule has 0 bridgehead atoms. The summed E-state index contributed by atoms with van der Waals surface area (Å²) in [6, 6.07) is 2.98. The van der Waals surface area contributed by atoms with E-state index < -0.39 is 0 Å². The number of likely N-dealkylation sites (N-methyl/N-ethyl adjacent to an activating group) is 1. The normalized spacial score (nSPS) is 21.5. The van der Waals surface area contributed by atoms with Crippen molar-refractivity contribution in [3.05, 3.63) is 35.5 Å². The van der Waals surface area contributed by atoms with Gasteiger partial charge in [0.25, 0.3) is 5.91 Å². The molecule has 3 rings (SSSR count). The van der Waals surface area contributed by atoms with Gasteiger partial charge in [-0.2, -0.15) is 5.10 Å². The van der Waals surface area contributed by atoms with Crippen LogP contribution in [0.15, 0.2) is 22.9 Å². The number of nitrogens with zero attached hydrogens (tertiary/aromatic N) is 4. The van der Waals surface area contributed by atoms with Crippen LogP contribution in [0, 0.1) is 6.92 Å². The van der Waals surface area contributed by atoms with Crippen molar-refractivity contribution < 1.29 is 14.1 Å². The first-order chi connectivity index (χ1) is 11.0. The molecule has 0 spiro atoms. The van der Waals surface area contributed by atoms with Crippen molar-refractivity contribution in [2.24, 2.45) is 7.05 Å². The minimum Gasteiger partial charge on any atom is -0.361 e. The van der Waals surface area contributed by atoms with Gasteiger partial charge in [0, 0.05) is 32.8 Å². The number of amides is 2. The van der Waals surface area contributed by atoms with E-state index in [-0.39, 0.29) is 29.6 Å². The van der Waals surface area contributed by atoms with Crippen LogP contribution in [-0.2, 0) is 11.8 Å². The van der Waals surface area contributed by atoms with Crippen LogP contribution in [0.2, 0.25) is 0 Å². The van der Waals surface area contributed by atoms with Gasteiger partial charge in [0.15, 0.2) is 5.69 Å². The number of piperidine rings is 1. The second-order valence-electron chi connectivity index (χ2n) is 5.77. The maximum absolute atomic E-state index is 12.4. The van der Waals surface area contributed by atoms with E-state index in [9.17, 15) is 9.59 Å². The molecule has 1 saturated heterocycles. The minimum atomic E-state index is -0.304. The van der Waals surface area contributed by atoms with Crippen LogP contribution >= 0.6 is 0 Å². The summed E-state index contributed by atoms with van der Waals surface area (Å²) >= 11 is 0. The Balaban J connectivity index is 1.85. The van der Waals surface area contributed by atoms with E-state index in [1.807, 2.05) is 13.1 Å². The zero-order valence-corrected chi connectivity index (χ0v) is 13.3. The second-order valence-corrected chi connectivity index (χ2v) is 5.77. The monoisotopic (exact) mass is 317 g/mol. The van der Waals surface area contributed by atoms with Crippen molar-refractivity contribution in [3.8, 4) is 0 Å². The van der Waals surface area contributed by atoms with Crippen molar-refractivity contribution in [2.45, 2.75) is 31.8 Å². The van der Waals surface area contributed by atoms with Gasteiger partial charge in [-0.1, -0.05) is 5.16 Å². The number of aryl methyl sites for hydroxylation is 2. The molecule has 1 fully saturated rings. The first-order valence-electron chi connectivity index (χ1n) is 7.45. The van der Waals surface area contributed by atoms with Crippen LogP contribution in [0.3, 0.4) is 0 Å². The Morgan fingerprint density at radius 2 is 2.22 bits per heavy atom. The number of rotatable bonds is 3. The molecule has 122 valence electrons. The number of carbonyl (C=O) groups is 2. The highest BCUT2D eigenvalue weighted by Crippen LogP contribution is 2.30. The number of hydrogen-bond acceptors (Lipinski definition) is 5. The summed E-state index contributed by atoms with van der Waals surface area (Å²) in [6.45, 7) is 1.73. The van der Waals surface area contributed by atoms with E-state index in [1.165, 1.54) is 0 Å². The van der Waals surface area contributed by atoms with Gasteiger partial charge in [0.1, 0.15) is 5.76 Å². The Morgan fingerprint density at radius 3 is 2.83 bits per heavy atom. The van der Waals surface area contributed by atoms with Gasteiger partial charge in [-0.3, -0.25) is 14.3 Å². The van der Waals surface area contributed by atoms with Gasteiger partial charge < -0.3 is 14.7 Å². The number of likely N-dealkylation sites (tertiary alicyclic amines) is 1. The van der Waals surface area contributed by atoms with Gasteiger partial charge in [0.05, 0.1) is 17.8 Å². The summed E-state index contributed by atoms with van der Waals surface area (Å²) in [5.74, 6) is 0.329. The maximum Gasteiger partial charge on any atom is 0.273 e. The molecule has 8 nitrogen and oxygen atoms in total. The molecule has 0 aromatic carbocycles. The smallest absolute Gasteiger partial charge is 0.273 e. The zero-order chi connectivity index (χ0) is 16.6. The van der Waals surface area contributed by atoms with Crippen LogP contribution in [0.4, 0.5) is 0 Å². The molecule has 8 heteroatoms. The number of carbonyl (C=O) groups excluding carboxylic acids is 2. The van der Waals surface area contributed by atoms with Crippen molar-refractivity contribution in [1.29, 1.82) is 0 Å². The van der Waals surface area contributed by atoms with E-state index in [0.717, 1.165) is 5.69 Å². The SMILES string of the molecule is Cc1cc(C(=O)N[C@@H]2CCC(=O)N(C)[C@H]2c2ccnn2C)no1. The van der Waals surface area contributed by atoms with E-state index in [2.05, 4.69) is 15.6 Å². The number of hydrogen-bond donors (Lipinski definition) is 1. The van der Waals surface area contributed by atoms with E-state index in [1.54, 1.807) is 35.8 Å². The Labute approximate surface area is 133 Å².